The Morgan fingerprint density at radius 1 is 1.23 bits per heavy atom. The Hall–Kier alpha value is -2.14. The first kappa shape index (κ1) is 17.3. The lowest BCUT2D eigenvalue weighted by Gasteiger charge is -2.29. The van der Waals surface area contributed by atoms with E-state index in [1.165, 1.54) is 30.6 Å². The number of nitrogens with zero attached hydrogens (tertiary/aromatic N) is 1. The van der Waals surface area contributed by atoms with E-state index < -0.39 is 0 Å². The number of pyridine rings is 1. The molecule has 0 radical (unpaired) electrons. The number of benzene rings is 1. The van der Waals surface area contributed by atoms with Crippen molar-refractivity contribution in [3.8, 4) is 0 Å². The molecule has 0 aliphatic heterocycles. The maximum absolute atomic E-state index is 12.9. The molecule has 1 aliphatic rings. The van der Waals surface area contributed by atoms with E-state index in [9.17, 15) is 9.59 Å². The van der Waals surface area contributed by atoms with Gasteiger partial charge in [0.05, 0.1) is 15.8 Å². The average Bonchev–Trinajstić information content (AvgIpc) is 3.10. The highest BCUT2D eigenvalue weighted by atomic mass is 32.1. The molecule has 2 unspecified atom stereocenters. The molecule has 1 aliphatic carbocycles. The Morgan fingerprint density at radius 2 is 2.00 bits per heavy atom. The number of aryl methyl sites for hydroxylation is 1. The van der Waals surface area contributed by atoms with Gasteiger partial charge in [-0.3, -0.25) is 9.59 Å². The highest BCUT2D eigenvalue weighted by molar-refractivity contribution is 7.21. The van der Waals surface area contributed by atoms with Gasteiger partial charge < -0.3 is 9.88 Å². The lowest BCUT2D eigenvalue weighted by atomic mass is 9.86. The zero-order valence-corrected chi connectivity index (χ0v) is 16.1. The molecule has 136 valence electrons. The smallest absolute Gasteiger partial charge is 0.261 e. The molecule has 1 amide bonds. The average molecular weight is 369 g/mol. The van der Waals surface area contributed by atoms with Crippen LogP contribution in [0.3, 0.4) is 0 Å². The normalized spacial score (nSPS) is 20.5. The van der Waals surface area contributed by atoms with Gasteiger partial charge in [-0.15, -0.1) is 11.3 Å². The van der Waals surface area contributed by atoms with Gasteiger partial charge in [-0.2, -0.15) is 0 Å². The highest BCUT2D eigenvalue weighted by Crippen LogP contribution is 2.31. The lowest BCUT2D eigenvalue weighted by Crippen LogP contribution is -2.40. The molecule has 3 aromatic rings. The van der Waals surface area contributed by atoms with Crippen molar-refractivity contribution in [1.82, 2.24) is 9.88 Å². The van der Waals surface area contributed by atoms with Gasteiger partial charge in [0.25, 0.3) is 11.5 Å². The molecule has 4 nitrogen and oxygen atoms in total. The third kappa shape index (κ3) is 2.84. The number of nitrogens with one attached hydrogen (secondary N) is 1. The molecule has 2 aromatic heterocycles. The molecule has 1 aromatic carbocycles. The molecule has 1 fully saturated rings. The van der Waals surface area contributed by atoms with E-state index in [4.69, 9.17) is 0 Å². The Kier molecular flexibility index (Phi) is 4.57. The molecule has 4 rings (SSSR count). The van der Waals surface area contributed by atoms with E-state index >= 15 is 0 Å². The molecule has 26 heavy (non-hydrogen) atoms. The molecular weight excluding hydrogens is 344 g/mol. The van der Waals surface area contributed by atoms with E-state index in [2.05, 4.69) is 12.2 Å². The predicted molar refractivity (Wildman–Crippen MR) is 108 cm³/mol. The van der Waals surface area contributed by atoms with Gasteiger partial charge in [-0.05, 0) is 37.8 Å². The fraction of sp³-hybridized carbons (Fsp3) is 0.429. The van der Waals surface area contributed by atoms with Crippen molar-refractivity contribution in [2.45, 2.75) is 52.1 Å². The predicted octanol–water partition coefficient (Wildman–Crippen LogP) is 4.54. The van der Waals surface area contributed by atoms with Gasteiger partial charge in [0.2, 0.25) is 0 Å². The summed E-state index contributed by atoms with van der Waals surface area (Å²) in [5.41, 5.74) is 0.921. The van der Waals surface area contributed by atoms with Crippen LogP contribution in [0.2, 0.25) is 0 Å². The third-order valence-corrected chi connectivity index (χ3v) is 6.78. The summed E-state index contributed by atoms with van der Waals surface area (Å²) in [7, 11) is 0. The van der Waals surface area contributed by atoms with Crippen LogP contribution in [0.25, 0.3) is 21.0 Å². The quantitative estimate of drug-likeness (QED) is 0.738. The number of hydrogen-bond donors (Lipinski definition) is 1. The first-order chi connectivity index (χ1) is 12.6. The topological polar surface area (TPSA) is 51.1 Å². The summed E-state index contributed by atoms with van der Waals surface area (Å²) in [5, 5.41) is 4.90. The summed E-state index contributed by atoms with van der Waals surface area (Å²) < 4.78 is 2.70. The van der Waals surface area contributed by atoms with Crippen molar-refractivity contribution >= 4 is 38.2 Å². The molecule has 5 heteroatoms. The number of carbonyl (C=O) groups excluding carboxylic acids is 1. The molecule has 1 N–H and O–H groups in total. The van der Waals surface area contributed by atoms with E-state index in [1.807, 2.05) is 31.2 Å². The number of carbonyl (C=O) groups is 1. The Labute approximate surface area is 156 Å². The molecule has 0 spiro atoms. The van der Waals surface area contributed by atoms with Gasteiger partial charge in [-0.1, -0.05) is 38.0 Å². The second-order valence-corrected chi connectivity index (χ2v) is 8.31. The minimum Gasteiger partial charge on any atom is -0.348 e. The highest BCUT2D eigenvalue weighted by Gasteiger charge is 2.24. The van der Waals surface area contributed by atoms with Crippen LogP contribution < -0.4 is 10.9 Å². The van der Waals surface area contributed by atoms with Crippen LogP contribution >= 0.6 is 11.3 Å². The summed E-state index contributed by atoms with van der Waals surface area (Å²) in [6, 6.07) is 9.96. The maximum atomic E-state index is 12.9. The monoisotopic (exact) mass is 368 g/mol. The van der Waals surface area contributed by atoms with Gasteiger partial charge in [0, 0.05) is 22.7 Å². The molecule has 0 saturated heterocycles. The van der Waals surface area contributed by atoms with Gasteiger partial charge in [0.1, 0.15) is 0 Å². The first-order valence-corrected chi connectivity index (χ1v) is 10.3. The summed E-state index contributed by atoms with van der Waals surface area (Å²) in [4.78, 5) is 26.3. The van der Waals surface area contributed by atoms with Crippen molar-refractivity contribution in [3.63, 3.8) is 0 Å². The van der Waals surface area contributed by atoms with Crippen LogP contribution in [0.5, 0.6) is 0 Å². The SMILES string of the molecule is CCn1c(=O)c2cc(C(=O)NC3CCCCC3C)sc2c2ccccc21. The zero-order chi connectivity index (χ0) is 18.3. The second-order valence-electron chi connectivity index (χ2n) is 7.26. The fourth-order valence-electron chi connectivity index (χ4n) is 4.10. The maximum Gasteiger partial charge on any atom is 0.261 e. The van der Waals surface area contributed by atoms with E-state index in [0.717, 1.165) is 22.0 Å². The molecule has 2 heterocycles. The van der Waals surface area contributed by atoms with Crippen LogP contribution in [0, 0.1) is 5.92 Å². The van der Waals surface area contributed by atoms with E-state index in [1.54, 1.807) is 10.6 Å². The third-order valence-electron chi connectivity index (χ3n) is 5.62. The van der Waals surface area contributed by atoms with Gasteiger partial charge >= 0.3 is 0 Å². The van der Waals surface area contributed by atoms with Crippen LogP contribution in [0.1, 0.15) is 49.2 Å². The number of thiophene rings is 1. The van der Waals surface area contributed by atoms with Crippen LogP contribution in [0.15, 0.2) is 35.1 Å². The van der Waals surface area contributed by atoms with Crippen LogP contribution in [0.4, 0.5) is 0 Å². The minimum atomic E-state index is -0.0449. The van der Waals surface area contributed by atoms with E-state index in [0.29, 0.717) is 22.7 Å². The number of hydrogen-bond acceptors (Lipinski definition) is 3. The summed E-state index contributed by atoms with van der Waals surface area (Å²) >= 11 is 1.43. The molecule has 0 bridgehead atoms. The minimum absolute atomic E-state index is 0.0115. The molecule has 1 saturated carbocycles. The first-order valence-electron chi connectivity index (χ1n) is 9.46. The zero-order valence-electron chi connectivity index (χ0n) is 15.2. The van der Waals surface area contributed by atoms with Crippen molar-refractivity contribution in [2.75, 3.05) is 0 Å². The van der Waals surface area contributed by atoms with Gasteiger partial charge in [0.15, 0.2) is 0 Å². The Morgan fingerprint density at radius 3 is 2.77 bits per heavy atom. The van der Waals surface area contributed by atoms with Crippen molar-refractivity contribution in [2.24, 2.45) is 5.92 Å². The Balaban J connectivity index is 1.78. The number of para-hydroxylation sites is 1. The summed E-state index contributed by atoms with van der Waals surface area (Å²) in [6.45, 7) is 4.80. The number of aromatic nitrogens is 1. The Bertz CT molecular complexity index is 1030. The number of amides is 1. The number of fused-ring (bicyclic) bond motifs is 3. The second kappa shape index (κ2) is 6.88. The van der Waals surface area contributed by atoms with Crippen molar-refractivity contribution in [3.05, 3.63) is 45.6 Å². The van der Waals surface area contributed by atoms with Crippen molar-refractivity contribution < 1.29 is 4.79 Å². The molecular formula is C21H24N2O2S. The largest absolute Gasteiger partial charge is 0.348 e. The standard InChI is InChI=1S/C21H24N2O2S/c1-3-23-17-11-7-5-9-14(17)19-15(21(23)25)12-18(26-19)20(24)22-16-10-6-4-8-13(16)2/h5,7,9,11-13,16H,3-4,6,8,10H2,1-2H3,(H,22,24). The summed E-state index contributed by atoms with van der Waals surface area (Å²) in [6.07, 6.45) is 4.64. The molecule has 2 atom stereocenters. The van der Waals surface area contributed by atoms with Gasteiger partial charge in [-0.25, -0.2) is 0 Å². The van der Waals surface area contributed by atoms with Crippen molar-refractivity contribution in [1.29, 1.82) is 0 Å². The van der Waals surface area contributed by atoms with Crippen LogP contribution in [-0.2, 0) is 6.54 Å². The fourth-order valence-corrected chi connectivity index (χ4v) is 5.19. The van der Waals surface area contributed by atoms with E-state index in [-0.39, 0.29) is 17.5 Å². The number of rotatable bonds is 3. The summed E-state index contributed by atoms with van der Waals surface area (Å²) in [5.74, 6) is 0.469. The lowest BCUT2D eigenvalue weighted by molar-refractivity contribution is 0.0914. The van der Waals surface area contributed by atoms with Crippen LogP contribution in [-0.4, -0.2) is 16.5 Å².